The second-order valence-corrected chi connectivity index (χ2v) is 3.95. The lowest BCUT2D eigenvalue weighted by Crippen LogP contribution is -2.27. The smallest absolute Gasteiger partial charge is 0.137 e. The Balaban J connectivity index is 2.36. The Labute approximate surface area is 69.0 Å². The lowest BCUT2D eigenvalue weighted by molar-refractivity contribution is 0.549. The zero-order chi connectivity index (χ0) is 7.84. The molecule has 1 heterocycles. The zero-order valence-corrected chi connectivity index (χ0v) is 6.96. The second kappa shape index (κ2) is 2.57. The molecule has 0 saturated carbocycles. The fourth-order valence-corrected chi connectivity index (χ4v) is 2.54. The average Bonchev–Trinajstić information content (AvgIpc) is 2.32. The SMILES string of the molecule is NC1CCc2c(F)csc2C1. The maximum atomic E-state index is 12.9. The van der Waals surface area contributed by atoms with Crippen LogP contribution in [0.3, 0.4) is 0 Å². The summed E-state index contributed by atoms with van der Waals surface area (Å²) in [6.07, 6.45) is 2.62. The van der Waals surface area contributed by atoms with Crippen molar-refractivity contribution in [3.63, 3.8) is 0 Å². The number of nitrogens with two attached hydrogens (primary N) is 1. The van der Waals surface area contributed by atoms with Crippen LogP contribution in [0.2, 0.25) is 0 Å². The highest BCUT2D eigenvalue weighted by molar-refractivity contribution is 7.10. The van der Waals surface area contributed by atoms with E-state index < -0.39 is 0 Å². The van der Waals surface area contributed by atoms with Crippen molar-refractivity contribution in [3.05, 3.63) is 21.6 Å². The Morgan fingerprint density at radius 2 is 2.45 bits per heavy atom. The quantitative estimate of drug-likeness (QED) is 0.631. The molecule has 1 nitrogen and oxygen atoms in total. The van der Waals surface area contributed by atoms with Crippen molar-refractivity contribution in [2.24, 2.45) is 5.73 Å². The van der Waals surface area contributed by atoms with E-state index in [1.165, 1.54) is 11.3 Å². The van der Waals surface area contributed by atoms with Gasteiger partial charge in [-0.15, -0.1) is 11.3 Å². The standard InChI is InChI=1S/C8H10FNS/c9-7-4-11-8-3-5(10)1-2-6(7)8/h4-5H,1-3,10H2. The van der Waals surface area contributed by atoms with Gasteiger partial charge in [-0.2, -0.15) is 0 Å². The Kier molecular flexibility index (Phi) is 1.69. The molecular weight excluding hydrogens is 161 g/mol. The summed E-state index contributed by atoms with van der Waals surface area (Å²) in [5.41, 5.74) is 6.66. The van der Waals surface area contributed by atoms with Crippen molar-refractivity contribution in [2.75, 3.05) is 0 Å². The molecule has 1 aromatic heterocycles. The molecule has 0 amide bonds. The third kappa shape index (κ3) is 1.19. The topological polar surface area (TPSA) is 26.0 Å². The molecule has 0 aliphatic heterocycles. The maximum absolute atomic E-state index is 12.9. The Morgan fingerprint density at radius 1 is 1.64 bits per heavy atom. The van der Waals surface area contributed by atoms with Gasteiger partial charge in [-0.1, -0.05) is 0 Å². The third-order valence-corrected chi connectivity index (χ3v) is 3.16. The first kappa shape index (κ1) is 7.25. The molecule has 0 spiro atoms. The van der Waals surface area contributed by atoms with Crippen LogP contribution in [0.1, 0.15) is 16.9 Å². The van der Waals surface area contributed by atoms with E-state index in [1.54, 1.807) is 5.38 Å². The van der Waals surface area contributed by atoms with Crippen molar-refractivity contribution in [1.82, 2.24) is 0 Å². The number of hydrogen-bond donors (Lipinski definition) is 1. The van der Waals surface area contributed by atoms with Gasteiger partial charge in [0.1, 0.15) is 5.82 Å². The van der Waals surface area contributed by atoms with E-state index in [0.717, 1.165) is 29.7 Å². The molecule has 3 heteroatoms. The van der Waals surface area contributed by atoms with Gasteiger partial charge in [0, 0.05) is 21.9 Å². The van der Waals surface area contributed by atoms with Crippen LogP contribution in [-0.4, -0.2) is 6.04 Å². The van der Waals surface area contributed by atoms with Crippen LogP contribution >= 0.6 is 11.3 Å². The first-order valence-electron chi connectivity index (χ1n) is 3.77. The van der Waals surface area contributed by atoms with Gasteiger partial charge >= 0.3 is 0 Å². The lowest BCUT2D eigenvalue weighted by atomic mass is 9.95. The molecule has 0 aromatic carbocycles. The van der Waals surface area contributed by atoms with Crippen LogP contribution in [0, 0.1) is 5.82 Å². The molecule has 1 atom stereocenters. The van der Waals surface area contributed by atoms with Crippen LogP contribution in [0.4, 0.5) is 4.39 Å². The first-order chi connectivity index (χ1) is 5.27. The Bertz CT molecular complexity index is 269. The van der Waals surface area contributed by atoms with Gasteiger partial charge in [0.25, 0.3) is 0 Å². The molecule has 2 rings (SSSR count). The van der Waals surface area contributed by atoms with Crippen molar-refractivity contribution < 1.29 is 4.39 Å². The highest BCUT2D eigenvalue weighted by Gasteiger charge is 2.19. The van der Waals surface area contributed by atoms with Gasteiger partial charge in [-0.05, 0) is 19.3 Å². The van der Waals surface area contributed by atoms with E-state index in [-0.39, 0.29) is 11.9 Å². The van der Waals surface area contributed by atoms with E-state index in [1.807, 2.05) is 0 Å². The highest BCUT2D eigenvalue weighted by Crippen LogP contribution is 2.28. The van der Waals surface area contributed by atoms with Crippen LogP contribution < -0.4 is 5.73 Å². The molecular formula is C8H10FNS. The van der Waals surface area contributed by atoms with Crippen LogP contribution in [0.25, 0.3) is 0 Å². The van der Waals surface area contributed by atoms with Gasteiger partial charge in [-0.25, -0.2) is 4.39 Å². The summed E-state index contributed by atoms with van der Waals surface area (Å²) >= 11 is 1.50. The van der Waals surface area contributed by atoms with Gasteiger partial charge in [0.2, 0.25) is 0 Å². The third-order valence-electron chi connectivity index (χ3n) is 2.14. The largest absolute Gasteiger partial charge is 0.327 e. The molecule has 1 unspecified atom stereocenters. The molecule has 0 fully saturated rings. The van der Waals surface area contributed by atoms with Crippen LogP contribution in [0.15, 0.2) is 5.38 Å². The fraction of sp³-hybridized carbons (Fsp3) is 0.500. The number of rotatable bonds is 0. The van der Waals surface area contributed by atoms with E-state index in [0.29, 0.717) is 0 Å². The zero-order valence-electron chi connectivity index (χ0n) is 6.14. The minimum atomic E-state index is -0.0306. The maximum Gasteiger partial charge on any atom is 0.137 e. The predicted molar refractivity (Wildman–Crippen MR) is 44.3 cm³/mol. The second-order valence-electron chi connectivity index (χ2n) is 2.99. The summed E-state index contributed by atoms with van der Waals surface area (Å²) in [5, 5.41) is 1.59. The van der Waals surface area contributed by atoms with Gasteiger partial charge in [-0.3, -0.25) is 0 Å². The minimum absolute atomic E-state index is 0.0306. The average molecular weight is 171 g/mol. The summed E-state index contributed by atoms with van der Waals surface area (Å²) in [6.45, 7) is 0. The first-order valence-corrected chi connectivity index (χ1v) is 4.65. The normalized spacial score (nSPS) is 23.3. The van der Waals surface area contributed by atoms with Crippen LogP contribution in [-0.2, 0) is 12.8 Å². The Hall–Kier alpha value is -0.410. The monoisotopic (exact) mass is 171 g/mol. The molecule has 60 valence electrons. The van der Waals surface area contributed by atoms with E-state index in [9.17, 15) is 4.39 Å². The van der Waals surface area contributed by atoms with E-state index in [4.69, 9.17) is 5.73 Å². The number of hydrogen-bond acceptors (Lipinski definition) is 2. The molecule has 2 N–H and O–H groups in total. The minimum Gasteiger partial charge on any atom is -0.327 e. The summed E-state index contributed by atoms with van der Waals surface area (Å²) < 4.78 is 12.9. The summed E-state index contributed by atoms with van der Waals surface area (Å²) in [4.78, 5) is 1.15. The van der Waals surface area contributed by atoms with Crippen molar-refractivity contribution in [2.45, 2.75) is 25.3 Å². The molecule has 0 radical (unpaired) electrons. The molecule has 0 bridgehead atoms. The number of thiophene rings is 1. The molecule has 1 aliphatic carbocycles. The van der Waals surface area contributed by atoms with E-state index in [2.05, 4.69) is 0 Å². The Morgan fingerprint density at radius 3 is 3.27 bits per heavy atom. The molecule has 1 aromatic rings. The lowest BCUT2D eigenvalue weighted by Gasteiger charge is -2.17. The van der Waals surface area contributed by atoms with E-state index >= 15 is 0 Å². The fourth-order valence-electron chi connectivity index (χ4n) is 1.50. The van der Waals surface area contributed by atoms with Crippen molar-refractivity contribution in [1.29, 1.82) is 0 Å². The molecule has 0 saturated heterocycles. The number of halogens is 1. The predicted octanol–water partition coefficient (Wildman–Crippen LogP) is 1.70. The van der Waals surface area contributed by atoms with Crippen molar-refractivity contribution in [3.8, 4) is 0 Å². The summed E-state index contributed by atoms with van der Waals surface area (Å²) in [6, 6.07) is 0.251. The van der Waals surface area contributed by atoms with Crippen LogP contribution in [0.5, 0.6) is 0 Å². The van der Waals surface area contributed by atoms with Crippen molar-refractivity contribution >= 4 is 11.3 Å². The summed E-state index contributed by atoms with van der Waals surface area (Å²) in [5.74, 6) is -0.0306. The highest BCUT2D eigenvalue weighted by atomic mass is 32.1. The van der Waals surface area contributed by atoms with Gasteiger partial charge in [0.05, 0.1) is 0 Å². The van der Waals surface area contributed by atoms with Gasteiger partial charge in [0.15, 0.2) is 0 Å². The molecule has 11 heavy (non-hydrogen) atoms. The van der Waals surface area contributed by atoms with Gasteiger partial charge < -0.3 is 5.73 Å². The summed E-state index contributed by atoms with van der Waals surface area (Å²) in [7, 11) is 0. The number of fused-ring (bicyclic) bond motifs is 1. The molecule has 1 aliphatic rings.